The largest absolute Gasteiger partial charge is 0.321 e. The minimum atomic E-state index is -0.401. The van der Waals surface area contributed by atoms with Gasteiger partial charge in [-0.05, 0) is 30.8 Å². The smallest absolute Gasteiger partial charge is 0.276 e. The maximum atomic E-state index is 14.6. The van der Waals surface area contributed by atoms with Crippen molar-refractivity contribution in [3.63, 3.8) is 0 Å². The Morgan fingerprint density at radius 1 is 1.12 bits per heavy atom. The van der Waals surface area contributed by atoms with Gasteiger partial charge in [0.25, 0.3) is 5.91 Å². The van der Waals surface area contributed by atoms with Crippen LogP contribution in [0.5, 0.6) is 0 Å². The fraction of sp³-hybridized carbons (Fsp3) is 0.292. The van der Waals surface area contributed by atoms with Crippen LogP contribution in [0.3, 0.4) is 0 Å². The monoisotopic (exact) mass is 447 g/mol. The summed E-state index contributed by atoms with van der Waals surface area (Å²) >= 11 is 0. The predicted molar refractivity (Wildman–Crippen MR) is 125 cm³/mol. The van der Waals surface area contributed by atoms with Crippen molar-refractivity contribution in [3.05, 3.63) is 65.9 Å². The summed E-state index contributed by atoms with van der Waals surface area (Å²) in [6, 6.07) is 10.9. The molecule has 4 aromatic rings. The van der Waals surface area contributed by atoms with E-state index in [1.54, 1.807) is 30.2 Å². The molecule has 2 aromatic carbocycles. The molecule has 33 heavy (non-hydrogen) atoms. The third-order valence-corrected chi connectivity index (χ3v) is 6.10. The molecule has 8 nitrogen and oxygen atoms in total. The number of anilines is 1. The number of carbonyl (C=O) groups is 1. The molecule has 3 heterocycles. The van der Waals surface area contributed by atoms with Gasteiger partial charge in [-0.15, -0.1) is 0 Å². The molecular weight excluding hydrogens is 421 g/mol. The Labute approximate surface area is 191 Å². The lowest BCUT2D eigenvalue weighted by molar-refractivity contribution is 0.102. The summed E-state index contributed by atoms with van der Waals surface area (Å²) in [5.41, 5.74) is 3.59. The van der Waals surface area contributed by atoms with E-state index in [1.807, 2.05) is 24.3 Å². The molecule has 0 spiro atoms. The zero-order valence-corrected chi connectivity index (χ0v) is 18.7. The molecule has 1 amide bonds. The molecule has 2 N–H and O–H groups in total. The van der Waals surface area contributed by atoms with Crippen molar-refractivity contribution < 1.29 is 9.18 Å². The molecule has 0 bridgehead atoms. The van der Waals surface area contributed by atoms with Gasteiger partial charge in [-0.25, -0.2) is 4.39 Å². The summed E-state index contributed by atoms with van der Waals surface area (Å²) in [6.07, 6.45) is 3.32. The first-order chi connectivity index (χ1) is 16.0. The van der Waals surface area contributed by atoms with E-state index in [0.717, 1.165) is 32.7 Å². The maximum absolute atomic E-state index is 14.6. The Bertz CT molecular complexity index is 1290. The number of rotatable bonds is 5. The molecule has 0 unspecified atom stereocenters. The van der Waals surface area contributed by atoms with Crippen LogP contribution in [0.1, 0.15) is 16.1 Å². The SMILES string of the molecule is CN1CCN(Cc2ccc(NC(=O)c3n[nH]c4cc(F)c(-c5cnn(C)c5)cc34)cc2)CC1. The highest BCUT2D eigenvalue weighted by Gasteiger charge is 2.18. The highest BCUT2D eigenvalue weighted by atomic mass is 19.1. The number of aromatic amines is 1. The predicted octanol–water partition coefficient (Wildman–Crippen LogP) is 3.10. The van der Waals surface area contributed by atoms with E-state index in [1.165, 1.54) is 11.6 Å². The Morgan fingerprint density at radius 3 is 2.58 bits per heavy atom. The molecule has 5 rings (SSSR count). The van der Waals surface area contributed by atoms with Crippen LogP contribution in [0, 0.1) is 5.82 Å². The third-order valence-electron chi connectivity index (χ3n) is 6.10. The molecule has 1 fully saturated rings. The number of nitrogens with one attached hydrogen (secondary N) is 2. The second kappa shape index (κ2) is 8.76. The average Bonchev–Trinajstić information content (AvgIpc) is 3.42. The standard InChI is InChI=1S/C24H26FN7O/c1-30-7-9-32(10-8-30)14-16-3-5-18(6-4-16)27-24(33)23-20-11-19(17-13-26-31(2)15-17)21(25)12-22(20)28-29-23/h3-6,11-13,15H,7-10,14H2,1-2H3,(H,27,33)(H,28,29). The lowest BCUT2D eigenvalue weighted by atomic mass is 10.0. The molecule has 2 aromatic heterocycles. The quantitative estimate of drug-likeness (QED) is 0.491. The molecule has 1 aliphatic rings. The number of benzene rings is 2. The Kier molecular flexibility index (Phi) is 5.65. The molecule has 0 atom stereocenters. The summed E-state index contributed by atoms with van der Waals surface area (Å²) in [7, 11) is 3.92. The number of likely N-dealkylation sites (N-methyl/N-ethyl adjacent to an activating group) is 1. The number of halogens is 1. The number of amides is 1. The van der Waals surface area contributed by atoms with Gasteiger partial charge in [-0.1, -0.05) is 12.1 Å². The highest BCUT2D eigenvalue weighted by molar-refractivity contribution is 6.11. The molecular formula is C24H26FN7O. The summed E-state index contributed by atoms with van der Waals surface area (Å²) in [5, 5.41) is 14.5. The van der Waals surface area contributed by atoms with Crippen LogP contribution < -0.4 is 5.32 Å². The number of hydrogen-bond donors (Lipinski definition) is 2. The first kappa shape index (κ1) is 21.3. The van der Waals surface area contributed by atoms with Crippen LogP contribution in [0.15, 0.2) is 48.8 Å². The molecule has 1 aliphatic heterocycles. The first-order valence-corrected chi connectivity index (χ1v) is 10.9. The number of aromatic nitrogens is 4. The number of fused-ring (bicyclic) bond motifs is 1. The van der Waals surface area contributed by atoms with Crippen LogP contribution in [0.25, 0.3) is 22.0 Å². The summed E-state index contributed by atoms with van der Waals surface area (Å²) < 4.78 is 16.2. The molecule has 1 saturated heterocycles. The van der Waals surface area contributed by atoms with Crippen LogP contribution in [0.4, 0.5) is 10.1 Å². The number of nitrogens with zero attached hydrogens (tertiary/aromatic N) is 5. The zero-order valence-electron chi connectivity index (χ0n) is 18.7. The third kappa shape index (κ3) is 4.50. The van der Waals surface area contributed by atoms with E-state index in [-0.39, 0.29) is 11.6 Å². The first-order valence-electron chi connectivity index (χ1n) is 10.9. The second-order valence-electron chi connectivity index (χ2n) is 8.58. The van der Waals surface area contributed by atoms with Gasteiger partial charge in [0.2, 0.25) is 0 Å². The lowest BCUT2D eigenvalue weighted by Crippen LogP contribution is -2.43. The highest BCUT2D eigenvalue weighted by Crippen LogP contribution is 2.28. The van der Waals surface area contributed by atoms with E-state index in [0.29, 0.717) is 27.7 Å². The van der Waals surface area contributed by atoms with Crippen LogP contribution in [-0.4, -0.2) is 68.9 Å². The van der Waals surface area contributed by atoms with Gasteiger partial charge in [0, 0.05) is 74.2 Å². The minimum Gasteiger partial charge on any atom is -0.321 e. The average molecular weight is 448 g/mol. The lowest BCUT2D eigenvalue weighted by Gasteiger charge is -2.32. The van der Waals surface area contributed by atoms with Crippen molar-refractivity contribution in [2.24, 2.45) is 7.05 Å². The maximum Gasteiger partial charge on any atom is 0.276 e. The number of H-pyrrole nitrogens is 1. The van der Waals surface area contributed by atoms with E-state index in [9.17, 15) is 9.18 Å². The number of carbonyl (C=O) groups excluding carboxylic acids is 1. The van der Waals surface area contributed by atoms with Crippen molar-refractivity contribution in [1.29, 1.82) is 0 Å². The summed E-state index contributed by atoms with van der Waals surface area (Å²) in [5.74, 6) is -0.751. The van der Waals surface area contributed by atoms with Gasteiger partial charge < -0.3 is 10.2 Å². The zero-order chi connectivity index (χ0) is 22.9. The minimum absolute atomic E-state index is 0.219. The van der Waals surface area contributed by atoms with Gasteiger partial charge in [0.05, 0.1) is 11.7 Å². The molecule has 0 saturated carbocycles. The molecule has 0 aliphatic carbocycles. The van der Waals surface area contributed by atoms with Crippen molar-refractivity contribution in [3.8, 4) is 11.1 Å². The second-order valence-corrected chi connectivity index (χ2v) is 8.58. The van der Waals surface area contributed by atoms with Crippen molar-refractivity contribution in [2.75, 3.05) is 38.5 Å². The van der Waals surface area contributed by atoms with Crippen LogP contribution in [-0.2, 0) is 13.6 Å². The van der Waals surface area contributed by atoms with Crippen LogP contribution in [0.2, 0.25) is 0 Å². The van der Waals surface area contributed by atoms with Gasteiger partial charge in [0.1, 0.15) is 5.82 Å². The van der Waals surface area contributed by atoms with Crippen molar-refractivity contribution >= 4 is 22.5 Å². The fourth-order valence-electron chi connectivity index (χ4n) is 4.14. The number of aryl methyl sites for hydroxylation is 1. The van der Waals surface area contributed by atoms with Gasteiger partial charge in [-0.2, -0.15) is 10.2 Å². The van der Waals surface area contributed by atoms with E-state index in [2.05, 4.69) is 37.5 Å². The summed E-state index contributed by atoms with van der Waals surface area (Å²) in [4.78, 5) is 17.7. The number of piperazine rings is 1. The molecule has 0 radical (unpaired) electrons. The molecule has 9 heteroatoms. The topological polar surface area (TPSA) is 82.1 Å². The Hall–Kier alpha value is -3.56. The normalized spacial score (nSPS) is 15.2. The Balaban J connectivity index is 1.32. The van der Waals surface area contributed by atoms with Crippen LogP contribution >= 0.6 is 0 Å². The Morgan fingerprint density at radius 2 is 1.88 bits per heavy atom. The molecule has 170 valence electrons. The van der Waals surface area contributed by atoms with Crippen molar-refractivity contribution in [1.82, 2.24) is 29.8 Å². The summed E-state index contributed by atoms with van der Waals surface area (Å²) in [6.45, 7) is 5.18. The van der Waals surface area contributed by atoms with Gasteiger partial charge in [0.15, 0.2) is 5.69 Å². The van der Waals surface area contributed by atoms with Gasteiger partial charge in [-0.3, -0.25) is 19.5 Å². The van der Waals surface area contributed by atoms with E-state index < -0.39 is 5.82 Å². The fourth-order valence-corrected chi connectivity index (χ4v) is 4.14. The van der Waals surface area contributed by atoms with Gasteiger partial charge >= 0.3 is 0 Å². The van der Waals surface area contributed by atoms with E-state index in [4.69, 9.17) is 0 Å². The van der Waals surface area contributed by atoms with Crippen molar-refractivity contribution in [2.45, 2.75) is 6.54 Å². The number of hydrogen-bond acceptors (Lipinski definition) is 5. The van der Waals surface area contributed by atoms with E-state index >= 15 is 0 Å².